The molecule has 1 aliphatic heterocycles. The first-order chi connectivity index (χ1) is 9.71. The topological polar surface area (TPSA) is 54.0 Å². The van der Waals surface area contributed by atoms with Gasteiger partial charge in [-0.1, -0.05) is 0 Å². The Kier molecular flexibility index (Phi) is 5.65. The average Bonchev–Trinajstić information content (AvgIpc) is 2.50. The van der Waals surface area contributed by atoms with E-state index in [0.29, 0.717) is 11.5 Å². The van der Waals surface area contributed by atoms with Crippen molar-refractivity contribution in [3.63, 3.8) is 0 Å². The number of aliphatic hydroxyl groups is 1. The number of piperazine rings is 1. The molecule has 1 aliphatic rings. The van der Waals surface area contributed by atoms with Gasteiger partial charge < -0.3 is 19.9 Å². The van der Waals surface area contributed by atoms with E-state index < -0.39 is 0 Å². The number of methoxy groups -OCH3 is 2. The molecule has 112 valence electrons. The third kappa shape index (κ3) is 3.25. The normalized spacial score (nSPS) is 17.8. The number of nitrogens with one attached hydrogen (secondary N) is 1. The highest BCUT2D eigenvalue weighted by molar-refractivity contribution is 9.10. The van der Waals surface area contributed by atoms with Gasteiger partial charge in [0.15, 0.2) is 0 Å². The SMILES string of the molecule is COc1cc([C@@H](CO)N2CCNCC2)cc(OC)c1Br. The van der Waals surface area contributed by atoms with Crippen LogP contribution in [0.5, 0.6) is 11.5 Å². The predicted octanol–water partition coefficient (Wildman–Crippen LogP) is 1.40. The number of halogens is 1. The lowest BCUT2D eigenvalue weighted by Crippen LogP contribution is -2.46. The van der Waals surface area contributed by atoms with Crippen LogP contribution in [0.15, 0.2) is 16.6 Å². The molecule has 1 aromatic carbocycles. The molecular weight excluding hydrogens is 324 g/mol. The van der Waals surface area contributed by atoms with Crippen LogP contribution < -0.4 is 14.8 Å². The van der Waals surface area contributed by atoms with Gasteiger partial charge in [-0.3, -0.25) is 4.90 Å². The van der Waals surface area contributed by atoms with Gasteiger partial charge in [-0.25, -0.2) is 0 Å². The molecule has 1 heterocycles. The minimum atomic E-state index is -0.0343. The highest BCUT2D eigenvalue weighted by Crippen LogP contribution is 2.38. The van der Waals surface area contributed by atoms with Gasteiger partial charge >= 0.3 is 0 Å². The average molecular weight is 345 g/mol. The summed E-state index contributed by atoms with van der Waals surface area (Å²) in [6.07, 6.45) is 0. The fourth-order valence-electron chi connectivity index (χ4n) is 2.51. The summed E-state index contributed by atoms with van der Waals surface area (Å²) in [5.41, 5.74) is 1.01. The quantitative estimate of drug-likeness (QED) is 0.845. The lowest BCUT2D eigenvalue weighted by atomic mass is 10.0. The molecule has 2 rings (SSSR count). The summed E-state index contributed by atoms with van der Waals surface area (Å²) in [7, 11) is 3.25. The molecule has 20 heavy (non-hydrogen) atoms. The Morgan fingerprint density at radius 2 is 1.80 bits per heavy atom. The molecule has 1 saturated heterocycles. The van der Waals surface area contributed by atoms with Crippen LogP contribution in [0.1, 0.15) is 11.6 Å². The van der Waals surface area contributed by atoms with Crippen molar-refractivity contribution in [3.8, 4) is 11.5 Å². The molecule has 0 bridgehead atoms. The summed E-state index contributed by atoms with van der Waals surface area (Å²) < 4.78 is 11.5. The van der Waals surface area contributed by atoms with Crippen molar-refractivity contribution in [2.75, 3.05) is 47.0 Å². The maximum Gasteiger partial charge on any atom is 0.137 e. The van der Waals surface area contributed by atoms with Crippen LogP contribution >= 0.6 is 15.9 Å². The Bertz CT molecular complexity index is 425. The second-order valence-corrected chi connectivity index (χ2v) is 5.52. The molecule has 0 spiro atoms. The van der Waals surface area contributed by atoms with Crippen LogP contribution in [-0.2, 0) is 0 Å². The fourth-order valence-corrected chi connectivity index (χ4v) is 3.06. The van der Waals surface area contributed by atoms with E-state index in [2.05, 4.69) is 26.1 Å². The van der Waals surface area contributed by atoms with Gasteiger partial charge in [0.25, 0.3) is 0 Å². The Labute approximate surface area is 128 Å². The zero-order valence-electron chi connectivity index (χ0n) is 11.9. The molecule has 1 aromatic rings. The largest absolute Gasteiger partial charge is 0.495 e. The third-order valence-corrected chi connectivity index (χ3v) is 4.40. The van der Waals surface area contributed by atoms with E-state index in [1.54, 1.807) is 14.2 Å². The lowest BCUT2D eigenvalue weighted by Gasteiger charge is -2.34. The van der Waals surface area contributed by atoms with Gasteiger partial charge in [0.1, 0.15) is 16.0 Å². The first-order valence-electron chi connectivity index (χ1n) is 6.68. The highest BCUT2D eigenvalue weighted by Gasteiger charge is 2.23. The Morgan fingerprint density at radius 1 is 1.25 bits per heavy atom. The second-order valence-electron chi connectivity index (χ2n) is 4.72. The summed E-state index contributed by atoms with van der Waals surface area (Å²) in [6.45, 7) is 3.81. The molecule has 0 radical (unpaired) electrons. The summed E-state index contributed by atoms with van der Waals surface area (Å²) in [4.78, 5) is 2.28. The minimum absolute atomic E-state index is 0.0343. The summed E-state index contributed by atoms with van der Waals surface area (Å²) >= 11 is 3.47. The molecule has 5 nitrogen and oxygen atoms in total. The Hall–Kier alpha value is -0.820. The maximum absolute atomic E-state index is 9.77. The fraction of sp³-hybridized carbons (Fsp3) is 0.571. The van der Waals surface area contributed by atoms with Gasteiger partial charge in [0.2, 0.25) is 0 Å². The molecule has 2 N–H and O–H groups in total. The summed E-state index contributed by atoms with van der Waals surface area (Å²) in [5.74, 6) is 1.43. The molecule has 1 fully saturated rings. The Morgan fingerprint density at radius 3 is 2.25 bits per heavy atom. The van der Waals surface area contributed by atoms with Crippen LogP contribution in [0.2, 0.25) is 0 Å². The molecule has 0 amide bonds. The zero-order chi connectivity index (χ0) is 14.5. The summed E-state index contributed by atoms with van der Waals surface area (Å²) in [6, 6.07) is 3.87. The number of benzene rings is 1. The van der Waals surface area contributed by atoms with Crippen molar-refractivity contribution >= 4 is 15.9 Å². The standard InChI is InChI=1S/C14H21BrN2O3/c1-19-12-7-10(8-13(20-2)14(12)15)11(9-18)17-5-3-16-4-6-17/h7-8,11,16,18H,3-6,9H2,1-2H3/t11-/m1/s1. The van der Waals surface area contributed by atoms with Gasteiger partial charge in [0.05, 0.1) is 26.9 Å². The van der Waals surface area contributed by atoms with E-state index in [1.165, 1.54) is 0 Å². The van der Waals surface area contributed by atoms with Crippen molar-refractivity contribution in [1.82, 2.24) is 10.2 Å². The molecular formula is C14H21BrN2O3. The first kappa shape index (κ1) is 15.6. The molecule has 6 heteroatoms. The number of hydrogen-bond donors (Lipinski definition) is 2. The number of hydrogen-bond acceptors (Lipinski definition) is 5. The second kappa shape index (κ2) is 7.26. The van der Waals surface area contributed by atoms with Crippen molar-refractivity contribution in [1.29, 1.82) is 0 Å². The van der Waals surface area contributed by atoms with Gasteiger partial charge in [-0.2, -0.15) is 0 Å². The maximum atomic E-state index is 9.77. The van der Waals surface area contributed by atoms with Gasteiger partial charge in [0, 0.05) is 26.2 Å². The molecule has 0 aliphatic carbocycles. The van der Waals surface area contributed by atoms with E-state index in [9.17, 15) is 5.11 Å². The molecule has 0 saturated carbocycles. The minimum Gasteiger partial charge on any atom is -0.495 e. The van der Waals surface area contributed by atoms with Crippen LogP contribution in [0.25, 0.3) is 0 Å². The van der Waals surface area contributed by atoms with E-state index >= 15 is 0 Å². The summed E-state index contributed by atoms with van der Waals surface area (Å²) in [5, 5.41) is 13.1. The predicted molar refractivity (Wildman–Crippen MR) is 81.5 cm³/mol. The van der Waals surface area contributed by atoms with Gasteiger partial charge in [-0.05, 0) is 33.6 Å². The van der Waals surface area contributed by atoms with Gasteiger partial charge in [-0.15, -0.1) is 0 Å². The number of aliphatic hydroxyl groups excluding tert-OH is 1. The highest BCUT2D eigenvalue weighted by atomic mass is 79.9. The number of nitrogens with zero attached hydrogens (tertiary/aromatic N) is 1. The van der Waals surface area contributed by atoms with E-state index in [0.717, 1.165) is 36.2 Å². The van der Waals surface area contributed by atoms with E-state index in [4.69, 9.17) is 9.47 Å². The number of ether oxygens (including phenoxy) is 2. The van der Waals surface area contributed by atoms with Crippen LogP contribution in [0, 0.1) is 0 Å². The third-order valence-electron chi connectivity index (χ3n) is 3.62. The Balaban J connectivity index is 2.33. The van der Waals surface area contributed by atoms with E-state index in [-0.39, 0.29) is 12.6 Å². The molecule has 0 aromatic heterocycles. The first-order valence-corrected chi connectivity index (χ1v) is 7.47. The molecule has 0 unspecified atom stereocenters. The van der Waals surface area contributed by atoms with E-state index in [1.807, 2.05) is 12.1 Å². The van der Waals surface area contributed by atoms with Crippen LogP contribution in [0.3, 0.4) is 0 Å². The van der Waals surface area contributed by atoms with Crippen LogP contribution in [-0.4, -0.2) is 57.0 Å². The van der Waals surface area contributed by atoms with Crippen LogP contribution in [0.4, 0.5) is 0 Å². The van der Waals surface area contributed by atoms with Crippen molar-refractivity contribution < 1.29 is 14.6 Å². The van der Waals surface area contributed by atoms with Crippen molar-refractivity contribution in [2.45, 2.75) is 6.04 Å². The van der Waals surface area contributed by atoms with Crippen molar-refractivity contribution in [2.24, 2.45) is 0 Å². The lowest BCUT2D eigenvalue weighted by molar-refractivity contribution is 0.110. The smallest absolute Gasteiger partial charge is 0.137 e. The molecule has 1 atom stereocenters. The monoisotopic (exact) mass is 344 g/mol. The number of rotatable bonds is 5. The zero-order valence-corrected chi connectivity index (χ0v) is 13.4. The van der Waals surface area contributed by atoms with Crippen molar-refractivity contribution in [3.05, 3.63) is 22.2 Å².